The number of benzene rings is 1. The lowest BCUT2D eigenvalue weighted by Crippen LogP contribution is -2.60. The van der Waals surface area contributed by atoms with Crippen LogP contribution in [0, 0.1) is 17.8 Å². The second-order valence-electron chi connectivity index (χ2n) is 9.92. The van der Waals surface area contributed by atoms with E-state index in [2.05, 4.69) is 15.9 Å². The topological polar surface area (TPSA) is 95.0 Å². The van der Waals surface area contributed by atoms with Crippen LogP contribution in [-0.4, -0.2) is 53.7 Å². The molecule has 7 nitrogen and oxygen atoms in total. The van der Waals surface area contributed by atoms with Gasteiger partial charge in [0.25, 0.3) is 11.8 Å². The number of phenolic OH excluding ortho intramolecular Hbond substituents is 1. The number of nitrogens with zero attached hydrogens (tertiary/aromatic N) is 2. The zero-order valence-electron chi connectivity index (χ0n) is 19.3. The minimum atomic E-state index is -1.87. The van der Waals surface area contributed by atoms with Crippen molar-refractivity contribution >= 4 is 74.1 Å². The first-order valence-electron chi connectivity index (χ1n) is 11.8. The number of carbonyl (C=O) groups is 4. The van der Waals surface area contributed by atoms with Crippen molar-refractivity contribution in [1.29, 1.82) is 0 Å². The summed E-state index contributed by atoms with van der Waals surface area (Å²) in [6, 6.07) is 10.1. The molecule has 1 aromatic carbocycles. The van der Waals surface area contributed by atoms with E-state index < -0.39 is 45.2 Å². The van der Waals surface area contributed by atoms with Gasteiger partial charge in [-0.05, 0) is 47.9 Å². The van der Waals surface area contributed by atoms with Gasteiger partial charge in [-0.2, -0.15) is 0 Å². The van der Waals surface area contributed by atoms with E-state index in [-0.39, 0.29) is 36.0 Å². The van der Waals surface area contributed by atoms with E-state index in [1.54, 1.807) is 12.1 Å². The Labute approximate surface area is 235 Å². The normalized spacial score (nSPS) is 34.9. The van der Waals surface area contributed by atoms with Crippen LogP contribution in [-0.2, 0) is 25.7 Å². The number of alkyl halides is 3. The van der Waals surface area contributed by atoms with Gasteiger partial charge >= 0.3 is 0 Å². The van der Waals surface area contributed by atoms with E-state index >= 15 is 0 Å². The molecular weight excluding hydrogens is 603 g/mol. The number of halogens is 3. The molecule has 192 valence electrons. The van der Waals surface area contributed by atoms with Gasteiger partial charge in [0, 0.05) is 10.8 Å². The monoisotopic (exact) mass is 622 g/mol. The van der Waals surface area contributed by atoms with Crippen molar-refractivity contribution in [3.8, 4) is 5.75 Å². The number of carbonyl (C=O) groups excluding carboxylic acids is 4. The number of likely N-dealkylation sites (tertiary alicyclic amines) is 2. The molecule has 2 aliphatic carbocycles. The van der Waals surface area contributed by atoms with Gasteiger partial charge in [0.05, 0.1) is 23.8 Å². The molecule has 0 spiro atoms. The van der Waals surface area contributed by atoms with Gasteiger partial charge in [0.1, 0.15) is 5.75 Å². The third-order valence-electron chi connectivity index (χ3n) is 8.20. The number of fused-ring (bicyclic) bond motifs is 4. The standard InChI is InChI=1S/C26H21BrCl2N2O5S/c27-12-31-23(35)25(28)10-18-16(20(26(25,29)24(31)36)13-3-1-4-14(32)9-13)6-7-17-19(18)22(34)30(21(17)33)11-15-5-2-8-37-15/h1-6,8-9,17-20,32H,7,10-12H2/t17-,18+,19-,20-,25+,26-/m0/s1. The lowest BCUT2D eigenvalue weighted by Gasteiger charge is -2.50. The molecule has 1 saturated carbocycles. The van der Waals surface area contributed by atoms with Crippen LogP contribution in [0.4, 0.5) is 0 Å². The summed E-state index contributed by atoms with van der Waals surface area (Å²) < 4.78 is 0. The SMILES string of the molecule is O=C1[C@H]2[C@H](CC=C3[C@H]2C[C@@]2(Cl)C(=O)N(CBr)C(=O)[C@@]2(Cl)[C@H]3c2cccc(O)c2)C(=O)N1Cc1cccs1. The predicted molar refractivity (Wildman–Crippen MR) is 141 cm³/mol. The zero-order chi connectivity index (χ0) is 26.3. The van der Waals surface area contributed by atoms with Crippen molar-refractivity contribution in [3.63, 3.8) is 0 Å². The van der Waals surface area contributed by atoms with Gasteiger partial charge in [-0.3, -0.25) is 29.0 Å². The predicted octanol–water partition coefficient (Wildman–Crippen LogP) is 4.37. The van der Waals surface area contributed by atoms with E-state index in [9.17, 15) is 24.3 Å². The number of imide groups is 2. The Morgan fingerprint density at radius 1 is 1.03 bits per heavy atom. The molecule has 2 aliphatic heterocycles. The van der Waals surface area contributed by atoms with Gasteiger partial charge in [-0.25, -0.2) is 0 Å². The summed E-state index contributed by atoms with van der Waals surface area (Å²) in [6.45, 7) is 0.195. The summed E-state index contributed by atoms with van der Waals surface area (Å²) in [7, 11) is 0. The van der Waals surface area contributed by atoms with Crippen molar-refractivity contribution in [3.05, 3.63) is 63.9 Å². The molecule has 11 heteroatoms. The van der Waals surface area contributed by atoms with Gasteiger partial charge in [0.2, 0.25) is 11.8 Å². The highest BCUT2D eigenvalue weighted by Gasteiger charge is 2.76. The van der Waals surface area contributed by atoms with Crippen LogP contribution in [0.25, 0.3) is 0 Å². The lowest BCUT2D eigenvalue weighted by atomic mass is 9.56. The van der Waals surface area contributed by atoms with E-state index in [0.717, 1.165) is 9.78 Å². The van der Waals surface area contributed by atoms with Crippen LogP contribution in [0.1, 0.15) is 29.2 Å². The number of hydrogen-bond acceptors (Lipinski definition) is 6. The maximum absolute atomic E-state index is 13.8. The maximum atomic E-state index is 13.8. The van der Waals surface area contributed by atoms with Gasteiger partial charge in [-0.15, -0.1) is 34.5 Å². The van der Waals surface area contributed by atoms with Gasteiger partial charge in [0.15, 0.2) is 9.75 Å². The Morgan fingerprint density at radius 3 is 2.49 bits per heavy atom. The van der Waals surface area contributed by atoms with E-state index in [1.807, 2.05) is 23.6 Å². The van der Waals surface area contributed by atoms with Crippen molar-refractivity contribution in [2.75, 3.05) is 5.45 Å². The smallest absolute Gasteiger partial charge is 0.254 e. The number of hydrogen-bond donors (Lipinski definition) is 1. The summed E-state index contributed by atoms with van der Waals surface area (Å²) in [4.78, 5) is 53.9. The third-order valence-corrected chi connectivity index (χ3v) is 11.0. The molecule has 6 atom stereocenters. The largest absolute Gasteiger partial charge is 0.508 e. The average Bonchev–Trinajstić information content (AvgIpc) is 3.51. The first kappa shape index (κ1) is 25.1. The molecule has 37 heavy (non-hydrogen) atoms. The van der Waals surface area contributed by atoms with Crippen molar-refractivity contribution in [1.82, 2.24) is 9.80 Å². The first-order chi connectivity index (χ1) is 17.6. The van der Waals surface area contributed by atoms with E-state index in [0.29, 0.717) is 17.6 Å². The summed E-state index contributed by atoms with van der Waals surface area (Å²) in [5.41, 5.74) is 1.14. The first-order valence-corrected chi connectivity index (χ1v) is 14.6. The second kappa shape index (κ2) is 8.66. The summed E-state index contributed by atoms with van der Waals surface area (Å²) in [5, 5.41) is 12.2. The van der Waals surface area contributed by atoms with Crippen molar-refractivity contribution in [2.45, 2.75) is 35.1 Å². The number of phenols is 1. The number of amides is 4. The van der Waals surface area contributed by atoms with Crippen LogP contribution in [0.3, 0.4) is 0 Å². The molecule has 0 radical (unpaired) electrons. The molecule has 2 aromatic rings. The van der Waals surface area contributed by atoms with Crippen LogP contribution in [0.2, 0.25) is 0 Å². The molecule has 6 rings (SSSR count). The maximum Gasteiger partial charge on any atom is 0.254 e. The van der Waals surface area contributed by atoms with Crippen molar-refractivity contribution in [2.24, 2.45) is 17.8 Å². The average molecular weight is 624 g/mol. The fourth-order valence-electron chi connectivity index (χ4n) is 6.61. The summed E-state index contributed by atoms with van der Waals surface area (Å²) in [6.07, 6.45) is 2.14. The minimum absolute atomic E-state index is 0.0299. The molecule has 0 unspecified atom stereocenters. The third kappa shape index (κ3) is 3.30. The fourth-order valence-corrected chi connectivity index (χ4v) is 8.73. The zero-order valence-corrected chi connectivity index (χ0v) is 23.2. The Kier molecular flexibility index (Phi) is 5.87. The minimum Gasteiger partial charge on any atom is -0.508 e. The molecule has 3 fully saturated rings. The fraction of sp³-hybridized carbons (Fsp3) is 0.385. The van der Waals surface area contributed by atoms with Crippen LogP contribution >= 0.6 is 50.5 Å². The second-order valence-corrected chi connectivity index (χ2v) is 12.7. The van der Waals surface area contributed by atoms with Crippen molar-refractivity contribution < 1.29 is 24.3 Å². The van der Waals surface area contributed by atoms with Gasteiger partial charge < -0.3 is 5.11 Å². The highest BCUT2D eigenvalue weighted by molar-refractivity contribution is 9.09. The van der Waals surface area contributed by atoms with Gasteiger partial charge in [-0.1, -0.05) is 45.8 Å². The summed E-state index contributed by atoms with van der Waals surface area (Å²) >= 11 is 19.0. The van der Waals surface area contributed by atoms with E-state index in [1.165, 1.54) is 28.4 Å². The number of aromatic hydroxyl groups is 1. The van der Waals surface area contributed by atoms with Crippen LogP contribution in [0.5, 0.6) is 5.75 Å². The molecule has 2 saturated heterocycles. The quantitative estimate of drug-likeness (QED) is 0.236. The molecule has 1 aromatic heterocycles. The van der Waals surface area contributed by atoms with Crippen LogP contribution < -0.4 is 0 Å². The molecule has 0 bridgehead atoms. The Bertz CT molecular complexity index is 1380. The Balaban J connectivity index is 1.49. The Morgan fingerprint density at radius 2 is 1.81 bits per heavy atom. The molecule has 4 aliphatic rings. The summed E-state index contributed by atoms with van der Waals surface area (Å²) in [5.74, 6) is -4.59. The van der Waals surface area contributed by atoms with E-state index in [4.69, 9.17) is 23.2 Å². The molecule has 1 N–H and O–H groups in total. The Hall–Kier alpha value is -2.20. The highest BCUT2D eigenvalue weighted by Crippen LogP contribution is 2.65. The molecular formula is C26H21BrCl2N2O5S. The number of thiophene rings is 1. The molecule has 4 amide bonds. The highest BCUT2D eigenvalue weighted by atomic mass is 79.9. The lowest BCUT2D eigenvalue weighted by molar-refractivity contribution is -0.141. The number of allylic oxidation sites excluding steroid dienone is 2. The number of rotatable bonds is 4. The van der Waals surface area contributed by atoms with Crippen LogP contribution in [0.15, 0.2) is 53.4 Å². The molecule has 3 heterocycles.